The van der Waals surface area contributed by atoms with Gasteiger partial charge in [-0.25, -0.2) is 19.9 Å². The van der Waals surface area contributed by atoms with Crippen molar-refractivity contribution in [1.82, 2.24) is 24.9 Å². The van der Waals surface area contributed by atoms with Crippen molar-refractivity contribution in [2.45, 2.75) is 12.8 Å². The maximum Gasteiger partial charge on any atom is 0.129 e. The molecule has 2 N–H and O–H groups in total. The SMILES string of the molecule is N=Cc1cncnc1CCc1ncc2c[nH]cc2n1. The zero-order valence-electron chi connectivity index (χ0n) is 10.2. The molecule has 0 radical (unpaired) electrons. The summed E-state index contributed by atoms with van der Waals surface area (Å²) in [4.78, 5) is 19.9. The summed E-state index contributed by atoms with van der Waals surface area (Å²) in [5.74, 6) is 0.779. The number of hydrogen-bond acceptors (Lipinski definition) is 5. The van der Waals surface area contributed by atoms with E-state index in [9.17, 15) is 0 Å². The van der Waals surface area contributed by atoms with Gasteiger partial charge in [0, 0.05) is 48.4 Å². The van der Waals surface area contributed by atoms with Crippen LogP contribution in [0.4, 0.5) is 0 Å². The molecule has 0 unspecified atom stereocenters. The number of aromatic nitrogens is 5. The predicted octanol–water partition coefficient (Wildman–Crippen LogP) is 1.53. The van der Waals surface area contributed by atoms with Crippen molar-refractivity contribution < 1.29 is 0 Å². The molecule has 6 nitrogen and oxygen atoms in total. The monoisotopic (exact) mass is 252 g/mol. The second-order valence-corrected chi connectivity index (χ2v) is 4.15. The third kappa shape index (κ3) is 2.33. The summed E-state index contributed by atoms with van der Waals surface area (Å²) in [5, 5.41) is 8.32. The predicted molar refractivity (Wildman–Crippen MR) is 71.2 cm³/mol. The summed E-state index contributed by atoms with van der Waals surface area (Å²) >= 11 is 0. The number of nitrogens with zero attached hydrogens (tertiary/aromatic N) is 4. The van der Waals surface area contributed by atoms with Gasteiger partial charge < -0.3 is 10.4 Å². The fraction of sp³-hybridized carbons (Fsp3) is 0.154. The van der Waals surface area contributed by atoms with Gasteiger partial charge in [0.25, 0.3) is 0 Å². The minimum absolute atomic E-state index is 0.693. The van der Waals surface area contributed by atoms with Crippen molar-refractivity contribution in [3.05, 3.63) is 48.2 Å². The average Bonchev–Trinajstić information content (AvgIpc) is 2.93. The van der Waals surface area contributed by atoms with Gasteiger partial charge in [0.1, 0.15) is 12.2 Å². The van der Waals surface area contributed by atoms with Crippen LogP contribution in [0.25, 0.3) is 10.9 Å². The fourth-order valence-corrected chi connectivity index (χ4v) is 1.93. The topological polar surface area (TPSA) is 91.2 Å². The van der Waals surface area contributed by atoms with Crippen LogP contribution in [0, 0.1) is 5.41 Å². The molecule has 3 rings (SSSR count). The van der Waals surface area contributed by atoms with Gasteiger partial charge in [0.2, 0.25) is 0 Å². The quantitative estimate of drug-likeness (QED) is 0.689. The van der Waals surface area contributed by atoms with Gasteiger partial charge in [0.05, 0.1) is 11.2 Å². The minimum atomic E-state index is 0.693. The zero-order chi connectivity index (χ0) is 13.1. The number of aryl methyl sites for hydroxylation is 2. The van der Waals surface area contributed by atoms with Crippen molar-refractivity contribution in [2.24, 2.45) is 0 Å². The summed E-state index contributed by atoms with van der Waals surface area (Å²) in [6.45, 7) is 0. The van der Waals surface area contributed by atoms with Gasteiger partial charge in [-0.3, -0.25) is 0 Å². The summed E-state index contributed by atoms with van der Waals surface area (Å²) < 4.78 is 0. The Hall–Kier alpha value is -2.63. The molecule has 3 heterocycles. The van der Waals surface area contributed by atoms with Crippen LogP contribution in [0.1, 0.15) is 17.1 Å². The van der Waals surface area contributed by atoms with Crippen molar-refractivity contribution in [3.63, 3.8) is 0 Å². The Labute approximate surface area is 109 Å². The molecule has 0 bridgehead atoms. The molecular formula is C13H12N6. The van der Waals surface area contributed by atoms with Crippen LogP contribution in [0.5, 0.6) is 0 Å². The summed E-state index contributed by atoms with van der Waals surface area (Å²) in [5.41, 5.74) is 2.51. The molecular weight excluding hydrogens is 240 g/mol. The van der Waals surface area contributed by atoms with Gasteiger partial charge in [0.15, 0.2) is 0 Å². The van der Waals surface area contributed by atoms with E-state index in [0.717, 1.165) is 28.0 Å². The molecule has 3 aromatic rings. The molecule has 0 aliphatic heterocycles. The van der Waals surface area contributed by atoms with Crippen LogP contribution in [0.15, 0.2) is 31.1 Å². The highest BCUT2D eigenvalue weighted by Crippen LogP contribution is 2.10. The van der Waals surface area contributed by atoms with Crippen molar-refractivity contribution in [1.29, 1.82) is 5.41 Å². The Kier molecular flexibility index (Phi) is 2.97. The highest BCUT2D eigenvalue weighted by molar-refractivity contribution is 5.78. The van der Waals surface area contributed by atoms with E-state index in [1.807, 2.05) is 18.6 Å². The minimum Gasteiger partial charge on any atom is -0.365 e. The maximum absolute atomic E-state index is 7.31. The molecule has 0 saturated heterocycles. The number of aromatic amines is 1. The van der Waals surface area contributed by atoms with Crippen molar-refractivity contribution in [2.75, 3.05) is 0 Å². The normalized spacial score (nSPS) is 10.7. The van der Waals surface area contributed by atoms with Crippen molar-refractivity contribution in [3.8, 4) is 0 Å². The first-order valence-corrected chi connectivity index (χ1v) is 5.94. The molecule has 94 valence electrons. The van der Waals surface area contributed by atoms with Crippen LogP contribution in [-0.4, -0.2) is 31.1 Å². The van der Waals surface area contributed by atoms with E-state index in [4.69, 9.17) is 5.41 Å². The van der Waals surface area contributed by atoms with E-state index in [-0.39, 0.29) is 0 Å². The Morgan fingerprint density at radius 3 is 3.00 bits per heavy atom. The second kappa shape index (κ2) is 4.93. The lowest BCUT2D eigenvalue weighted by Crippen LogP contribution is -2.03. The molecule has 0 aromatic carbocycles. The van der Waals surface area contributed by atoms with Crippen LogP contribution in [0.3, 0.4) is 0 Å². The molecule has 0 aliphatic rings. The third-order valence-corrected chi connectivity index (χ3v) is 2.92. The van der Waals surface area contributed by atoms with E-state index in [1.54, 1.807) is 6.20 Å². The standard InChI is InChI=1S/C13H12N6/c14-3-9-4-16-8-18-11(9)1-2-13-17-6-10-5-15-7-12(10)19-13/h3-8,14-15H,1-2H2. The van der Waals surface area contributed by atoms with Crippen molar-refractivity contribution >= 4 is 17.1 Å². The first kappa shape index (κ1) is 11.5. The van der Waals surface area contributed by atoms with E-state index < -0.39 is 0 Å². The van der Waals surface area contributed by atoms with E-state index >= 15 is 0 Å². The lowest BCUT2D eigenvalue weighted by Gasteiger charge is -2.03. The number of rotatable bonds is 4. The highest BCUT2D eigenvalue weighted by Gasteiger charge is 2.05. The van der Waals surface area contributed by atoms with Gasteiger partial charge in [-0.15, -0.1) is 0 Å². The molecule has 3 aromatic heterocycles. The molecule has 6 heteroatoms. The Balaban J connectivity index is 1.79. The molecule has 19 heavy (non-hydrogen) atoms. The number of H-pyrrole nitrogens is 1. The van der Waals surface area contributed by atoms with Crippen LogP contribution < -0.4 is 0 Å². The summed E-state index contributed by atoms with van der Waals surface area (Å²) in [6, 6.07) is 0. The highest BCUT2D eigenvalue weighted by atomic mass is 14.9. The first-order chi connectivity index (χ1) is 9.36. The fourth-order valence-electron chi connectivity index (χ4n) is 1.93. The number of nitrogens with one attached hydrogen (secondary N) is 2. The van der Waals surface area contributed by atoms with Gasteiger partial charge in [-0.2, -0.15) is 0 Å². The van der Waals surface area contributed by atoms with E-state index in [0.29, 0.717) is 12.8 Å². The molecule has 0 amide bonds. The Morgan fingerprint density at radius 1 is 1.16 bits per heavy atom. The largest absolute Gasteiger partial charge is 0.365 e. The van der Waals surface area contributed by atoms with E-state index in [1.165, 1.54) is 12.5 Å². The maximum atomic E-state index is 7.31. The van der Waals surface area contributed by atoms with Gasteiger partial charge >= 0.3 is 0 Å². The average molecular weight is 252 g/mol. The van der Waals surface area contributed by atoms with Gasteiger partial charge in [-0.1, -0.05) is 0 Å². The Morgan fingerprint density at radius 2 is 2.11 bits per heavy atom. The summed E-state index contributed by atoms with van der Waals surface area (Å²) in [7, 11) is 0. The van der Waals surface area contributed by atoms with Crippen LogP contribution in [0.2, 0.25) is 0 Å². The van der Waals surface area contributed by atoms with Crippen LogP contribution in [-0.2, 0) is 12.8 Å². The van der Waals surface area contributed by atoms with E-state index in [2.05, 4.69) is 24.9 Å². The number of hydrogen-bond donors (Lipinski definition) is 2. The third-order valence-electron chi connectivity index (χ3n) is 2.92. The molecule has 0 spiro atoms. The van der Waals surface area contributed by atoms with Crippen LogP contribution >= 0.6 is 0 Å². The molecule has 0 saturated carbocycles. The second-order valence-electron chi connectivity index (χ2n) is 4.15. The molecule has 0 fully saturated rings. The smallest absolute Gasteiger partial charge is 0.129 e. The molecule has 0 atom stereocenters. The summed E-state index contributed by atoms with van der Waals surface area (Å²) in [6.07, 6.45) is 11.3. The number of fused-ring (bicyclic) bond motifs is 1. The molecule has 0 aliphatic carbocycles. The first-order valence-electron chi connectivity index (χ1n) is 5.94. The lowest BCUT2D eigenvalue weighted by atomic mass is 10.1. The van der Waals surface area contributed by atoms with Gasteiger partial charge in [-0.05, 0) is 6.42 Å². The lowest BCUT2D eigenvalue weighted by molar-refractivity contribution is 0.837. The Bertz CT molecular complexity index is 718. The zero-order valence-corrected chi connectivity index (χ0v) is 10.2.